The molecule has 6 heteroatoms. The van der Waals surface area contributed by atoms with E-state index in [1.54, 1.807) is 23.1 Å². The van der Waals surface area contributed by atoms with Gasteiger partial charge in [0.25, 0.3) is 0 Å². The van der Waals surface area contributed by atoms with E-state index in [-0.39, 0.29) is 11.8 Å². The van der Waals surface area contributed by atoms with E-state index in [1.165, 1.54) is 0 Å². The van der Waals surface area contributed by atoms with Crippen molar-refractivity contribution in [2.24, 2.45) is 5.92 Å². The van der Waals surface area contributed by atoms with Gasteiger partial charge in [-0.2, -0.15) is 5.10 Å². The molecule has 0 spiro atoms. The van der Waals surface area contributed by atoms with Crippen molar-refractivity contribution in [1.82, 2.24) is 19.9 Å². The highest BCUT2D eigenvalue weighted by Crippen LogP contribution is 2.28. The summed E-state index contributed by atoms with van der Waals surface area (Å²) in [6, 6.07) is 1.90. The lowest BCUT2D eigenvalue weighted by Gasteiger charge is -2.07. The molecule has 3 rings (SSSR count). The minimum atomic E-state index is 0.173. The third kappa shape index (κ3) is 2.27. The van der Waals surface area contributed by atoms with Gasteiger partial charge < -0.3 is 10.6 Å². The minimum Gasteiger partial charge on any atom is -0.367 e. The van der Waals surface area contributed by atoms with Gasteiger partial charge in [-0.05, 0) is 18.9 Å². The number of carbonyl (C=O) groups is 1. The number of rotatable bonds is 5. The molecule has 2 aromatic rings. The smallest absolute Gasteiger partial charge is 0.223 e. The molecule has 0 saturated heterocycles. The third-order valence-corrected chi connectivity index (χ3v) is 2.99. The lowest BCUT2D eigenvalue weighted by molar-refractivity contribution is -0.122. The second-order valence-electron chi connectivity index (χ2n) is 4.43. The van der Waals surface area contributed by atoms with E-state index in [1.807, 2.05) is 6.07 Å². The number of carbonyl (C=O) groups excluding carboxylic acids is 1. The van der Waals surface area contributed by atoms with Gasteiger partial charge in [-0.25, -0.2) is 9.50 Å². The molecule has 1 fully saturated rings. The Balaban J connectivity index is 1.53. The first-order valence-electron chi connectivity index (χ1n) is 6.14. The van der Waals surface area contributed by atoms with Crippen LogP contribution in [0.3, 0.4) is 0 Å². The number of hydrogen-bond donors (Lipinski definition) is 2. The van der Waals surface area contributed by atoms with Gasteiger partial charge in [0.2, 0.25) is 5.91 Å². The number of fused-ring (bicyclic) bond motifs is 1. The molecule has 0 unspecified atom stereocenters. The van der Waals surface area contributed by atoms with Crippen LogP contribution in [0.25, 0.3) is 5.52 Å². The van der Waals surface area contributed by atoms with Gasteiger partial charge in [-0.1, -0.05) is 0 Å². The topological polar surface area (TPSA) is 71.3 Å². The lowest BCUT2D eigenvalue weighted by atomic mass is 10.4. The number of aromatic nitrogens is 3. The van der Waals surface area contributed by atoms with E-state index in [0.29, 0.717) is 13.1 Å². The molecule has 0 atom stereocenters. The highest BCUT2D eigenvalue weighted by atomic mass is 16.2. The maximum Gasteiger partial charge on any atom is 0.223 e. The highest BCUT2D eigenvalue weighted by molar-refractivity contribution is 5.80. The maximum atomic E-state index is 11.4. The second-order valence-corrected chi connectivity index (χ2v) is 4.43. The lowest BCUT2D eigenvalue weighted by Crippen LogP contribution is -2.30. The van der Waals surface area contributed by atoms with E-state index in [2.05, 4.69) is 20.7 Å². The van der Waals surface area contributed by atoms with Crippen LogP contribution in [0.4, 0.5) is 5.82 Å². The van der Waals surface area contributed by atoms with Crippen molar-refractivity contribution in [3.8, 4) is 0 Å². The van der Waals surface area contributed by atoms with Crippen LogP contribution in [-0.4, -0.2) is 33.6 Å². The zero-order valence-electron chi connectivity index (χ0n) is 9.97. The summed E-state index contributed by atoms with van der Waals surface area (Å²) in [5, 5.41) is 10.2. The summed E-state index contributed by atoms with van der Waals surface area (Å²) < 4.78 is 1.76. The molecule has 2 heterocycles. The van der Waals surface area contributed by atoms with Crippen LogP contribution in [0.15, 0.2) is 24.7 Å². The molecule has 1 amide bonds. The zero-order valence-corrected chi connectivity index (χ0v) is 9.97. The predicted molar refractivity (Wildman–Crippen MR) is 67.2 cm³/mol. The van der Waals surface area contributed by atoms with Gasteiger partial charge in [0.15, 0.2) is 5.82 Å². The van der Waals surface area contributed by atoms with Gasteiger partial charge in [-0.3, -0.25) is 4.79 Å². The Morgan fingerprint density at radius 1 is 1.39 bits per heavy atom. The van der Waals surface area contributed by atoms with E-state index < -0.39 is 0 Å². The largest absolute Gasteiger partial charge is 0.367 e. The van der Waals surface area contributed by atoms with Crippen molar-refractivity contribution < 1.29 is 4.79 Å². The Labute approximate surface area is 104 Å². The van der Waals surface area contributed by atoms with Gasteiger partial charge in [0.1, 0.15) is 5.52 Å². The molecule has 1 saturated carbocycles. The van der Waals surface area contributed by atoms with Crippen LogP contribution in [-0.2, 0) is 4.79 Å². The Morgan fingerprint density at radius 2 is 2.28 bits per heavy atom. The zero-order chi connectivity index (χ0) is 12.4. The highest BCUT2D eigenvalue weighted by Gasteiger charge is 2.28. The van der Waals surface area contributed by atoms with E-state index in [9.17, 15) is 4.79 Å². The number of anilines is 1. The fourth-order valence-electron chi connectivity index (χ4n) is 1.85. The first kappa shape index (κ1) is 11.0. The normalized spacial score (nSPS) is 14.7. The molecule has 0 aromatic carbocycles. The maximum absolute atomic E-state index is 11.4. The first-order chi connectivity index (χ1) is 8.84. The number of nitrogens with zero attached hydrogens (tertiary/aromatic N) is 3. The van der Waals surface area contributed by atoms with Crippen LogP contribution in [0.2, 0.25) is 0 Å². The summed E-state index contributed by atoms with van der Waals surface area (Å²) in [7, 11) is 0. The molecule has 1 aliphatic rings. The van der Waals surface area contributed by atoms with Crippen molar-refractivity contribution in [2.45, 2.75) is 12.8 Å². The monoisotopic (exact) mass is 245 g/mol. The summed E-state index contributed by atoms with van der Waals surface area (Å²) in [4.78, 5) is 15.7. The van der Waals surface area contributed by atoms with Crippen LogP contribution in [0, 0.1) is 5.92 Å². The van der Waals surface area contributed by atoms with Crippen molar-refractivity contribution >= 4 is 17.2 Å². The number of nitrogens with one attached hydrogen (secondary N) is 2. The van der Waals surface area contributed by atoms with Gasteiger partial charge in [-0.15, -0.1) is 0 Å². The summed E-state index contributed by atoms with van der Waals surface area (Å²) in [5.41, 5.74) is 0.936. The van der Waals surface area contributed by atoms with Crippen LogP contribution < -0.4 is 10.6 Å². The fourth-order valence-corrected chi connectivity index (χ4v) is 1.85. The Morgan fingerprint density at radius 3 is 3.11 bits per heavy atom. The summed E-state index contributed by atoms with van der Waals surface area (Å²) in [6.45, 7) is 1.28. The number of hydrogen-bond acceptors (Lipinski definition) is 4. The van der Waals surface area contributed by atoms with Crippen molar-refractivity contribution in [2.75, 3.05) is 18.4 Å². The van der Waals surface area contributed by atoms with E-state index in [0.717, 1.165) is 24.2 Å². The summed E-state index contributed by atoms with van der Waals surface area (Å²) in [5.74, 6) is 1.23. The minimum absolute atomic E-state index is 0.173. The molecule has 2 N–H and O–H groups in total. The molecule has 0 aliphatic heterocycles. The molecular formula is C12H15N5O. The van der Waals surface area contributed by atoms with Crippen LogP contribution in [0.1, 0.15) is 12.8 Å². The number of amides is 1. The summed E-state index contributed by atoms with van der Waals surface area (Å²) >= 11 is 0. The van der Waals surface area contributed by atoms with E-state index in [4.69, 9.17) is 0 Å². The fraction of sp³-hybridized carbons (Fsp3) is 0.417. The predicted octanol–water partition coefficient (Wildman–Crippen LogP) is 0.667. The average Bonchev–Trinajstić information content (AvgIpc) is 3.12. The van der Waals surface area contributed by atoms with Crippen molar-refractivity contribution in [3.63, 3.8) is 0 Å². The summed E-state index contributed by atoms with van der Waals surface area (Å²) in [6.07, 6.45) is 7.31. The molecule has 1 aliphatic carbocycles. The van der Waals surface area contributed by atoms with Gasteiger partial charge in [0.05, 0.1) is 6.20 Å². The van der Waals surface area contributed by atoms with Crippen molar-refractivity contribution in [3.05, 3.63) is 24.7 Å². The standard InChI is InChI=1S/C12H15N5O/c18-12(9-1-2-9)15-6-5-13-11-10-3-4-16-17(10)8-7-14-11/h3-4,7-9H,1-2,5-6H2,(H,13,14)(H,15,18). The molecule has 0 bridgehead atoms. The third-order valence-electron chi connectivity index (χ3n) is 2.99. The molecular weight excluding hydrogens is 230 g/mol. The Hall–Kier alpha value is -2.11. The molecule has 94 valence electrons. The quantitative estimate of drug-likeness (QED) is 0.759. The molecule has 0 radical (unpaired) electrons. The van der Waals surface area contributed by atoms with E-state index >= 15 is 0 Å². The SMILES string of the molecule is O=C(NCCNc1nccn2nccc12)C1CC1. The van der Waals surface area contributed by atoms with Crippen LogP contribution in [0.5, 0.6) is 0 Å². The average molecular weight is 245 g/mol. The van der Waals surface area contributed by atoms with Crippen molar-refractivity contribution in [1.29, 1.82) is 0 Å². The van der Waals surface area contributed by atoms with Gasteiger partial charge >= 0.3 is 0 Å². The molecule has 6 nitrogen and oxygen atoms in total. The Kier molecular flexibility index (Phi) is 2.84. The first-order valence-corrected chi connectivity index (χ1v) is 6.14. The van der Waals surface area contributed by atoms with Crippen LogP contribution >= 0.6 is 0 Å². The molecule has 2 aromatic heterocycles. The van der Waals surface area contributed by atoms with Gasteiger partial charge in [0, 0.05) is 31.4 Å². The Bertz CT molecular complexity index is 560. The second kappa shape index (κ2) is 4.64. The molecule has 18 heavy (non-hydrogen) atoms.